The van der Waals surface area contributed by atoms with E-state index in [0.717, 1.165) is 0 Å². The summed E-state index contributed by atoms with van der Waals surface area (Å²) < 4.78 is 40.6. The van der Waals surface area contributed by atoms with Crippen LogP contribution in [0.4, 0.5) is 13.2 Å². The van der Waals surface area contributed by atoms with E-state index >= 15 is 0 Å². The molecule has 5 nitrogen and oxygen atoms in total. The zero-order chi connectivity index (χ0) is 17.7. The Labute approximate surface area is 131 Å². The van der Waals surface area contributed by atoms with Crippen LogP contribution in [0.3, 0.4) is 0 Å². The first kappa shape index (κ1) is 18.8. The molecule has 23 heavy (non-hydrogen) atoms. The summed E-state index contributed by atoms with van der Waals surface area (Å²) in [6.45, 7) is 1.87. The normalized spacial score (nSPS) is 11.9. The van der Waals surface area contributed by atoms with Crippen LogP contribution in [-0.2, 0) is 4.79 Å². The predicted molar refractivity (Wildman–Crippen MR) is 76.4 cm³/mol. The zero-order valence-corrected chi connectivity index (χ0v) is 12.7. The SMILES string of the molecule is CC(C)(CCNC(=O)c1ccc(OCC(F)(F)F)cc1)C(=O)O. The van der Waals surface area contributed by atoms with E-state index in [-0.39, 0.29) is 24.3 Å². The summed E-state index contributed by atoms with van der Waals surface area (Å²) in [6, 6.07) is 5.20. The number of ether oxygens (including phenoxy) is 1. The van der Waals surface area contributed by atoms with E-state index in [2.05, 4.69) is 10.1 Å². The van der Waals surface area contributed by atoms with E-state index in [1.54, 1.807) is 13.8 Å². The Hall–Kier alpha value is -2.25. The molecule has 0 aliphatic rings. The highest BCUT2D eigenvalue weighted by molar-refractivity contribution is 5.94. The van der Waals surface area contributed by atoms with Gasteiger partial charge in [-0.15, -0.1) is 0 Å². The van der Waals surface area contributed by atoms with Crippen LogP contribution in [-0.4, -0.2) is 36.3 Å². The maximum Gasteiger partial charge on any atom is 0.422 e. The average Bonchev–Trinajstić information content (AvgIpc) is 2.44. The van der Waals surface area contributed by atoms with Crippen molar-refractivity contribution >= 4 is 11.9 Å². The molecule has 0 aliphatic carbocycles. The second-order valence-corrected chi connectivity index (χ2v) is 5.62. The monoisotopic (exact) mass is 333 g/mol. The highest BCUT2D eigenvalue weighted by Crippen LogP contribution is 2.20. The van der Waals surface area contributed by atoms with Gasteiger partial charge in [-0.1, -0.05) is 0 Å². The number of hydrogen-bond acceptors (Lipinski definition) is 3. The third-order valence-electron chi connectivity index (χ3n) is 3.13. The minimum Gasteiger partial charge on any atom is -0.484 e. The standard InChI is InChI=1S/C15H18F3NO4/c1-14(2,13(21)22)7-8-19-12(20)10-3-5-11(6-4-10)23-9-15(16,17)18/h3-6H,7-9H2,1-2H3,(H,19,20)(H,21,22). The number of carbonyl (C=O) groups is 2. The van der Waals surface area contributed by atoms with Gasteiger partial charge in [0.2, 0.25) is 0 Å². The van der Waals surface area contributed by atoms with Gasteiger partial charge in [0.1, 0.15) is 5.75 Å². The molecule has 1 rings (SSSR count). The van der Waals surface area contributed by atoms with Gasteiger partial charge in [-0.2, -0.15) is 13.2 Å². The molecule has 0 heterocycles. The van der Waals surface area contributed by atoms with Gasteiger partial charge in [0.05, 0.1) is 5.41 Å². The quantitative estimate of drug-likeness (QED) is 0.804. The van der Waals surface area contributed by atoms with Crippen molar-refractivity contribution in [1.29, 1.82) is 0 Å². The molecule has 1 aromatic carbocycles. The maximum atomic E-state index is 12.0. The number of nitrogens with one attached hydrogen (secondary N) is 1. The number of hydrogen-bond donors (Lipinski definition) is 2. The summed E-state index contributed by atoms with van der Waals surface area (Å²) in [6.07, 6.45) is -4.17. The van der Waals surface area contributed by atoms with E-state index < -0.39 is 30.1 Å². The van der Waals surface area contributed by atoms with Gasteiger partial charge >= 0.3 is 12.1 Å². The van der Waals surface area contributed by atoms with Crippen LogP contribution in [0.15, 0.2) is 24.3 Å². The molecule has 0 bridgehead atoms. The van der Waals surface area contributed by atoms with Gasteiger partial charge in [0.15, 0.2) is 6.61 Å². The lowest BCUT2D eigenvalue weighted by molar-refractivity contribution is -0.153. The van der Waals surface area contributed by atoms with Crippen molar-refractivity contribution in [1.82, 2.24) is 5.32 Å². The number of alkyl halides is 3. The lowest BCUT2D eigenvalue weighted by atomic mass is 9.90. The Morgan fingerprint density at radius 2 is 1.74 bits per heavy atom. The van der Waals surface area contributed by atoms with Crippen molar-refractivity contribution in [2.75, 3.05) is 13.2 Å². The minimum absolute atomic E-state index is 0.00545. The van der Waals surface area contributed by atoms with Crippen LogP contribution < -0.4 is 10.1 Å². The topological polar surface area (TPSA) is 75.6 Å². The van der Waals surface area contributed by atoms with E-state index in [0.29, 0.717) is 0 Å². The van der Waals surface area contributed by atoms with Crippen LogP contribution in [0.5, 0.6) is 5.75 Å². The first-order valence-corrected chi connectivity index (χ1v) is 6.82. The van der Waals surface area contributed by atoms with Crippen molar-refractivity contribution in [2.24, 2.45) is 5.41 Å². The van der Waals surface area contributed by atoms with Gasteiger partial charge in [-0.3, -0.25) is 9.59 Å². The fourth-order valence-corrected chi connectivity index (χ4v) is 1.57. The second-order valence-electron chi connectivity index (χ2n) is 5.62. The number of rotatable bonds is 7. The molecule has 0 saturated carbocycles. The number of carbonyl (C=O) groups excluding carboxylic acids is 1. The highest BCUT2D eigenvalue weighted by Gasteiger charge is 2.28. The third kappa shape index (κ3) is 6.58. The van der Waals surface area contributed by atoms with Crippen LogP contribution in [0.1, 0.15) is 30.6 Å². The van der Waals surface area contributed by atoms with Gasteiger partial charge in [0.25, 0.3) is 5.91 Å². The molecule has 0 radical (unpaired) electrons. The van der Waals surface area contributed by atoms with E-state index in [1.165, 1.54) is 24.3 Å². The van der Waals surface area contributed by atoms with Gasteiger partial charge in [0, 0.05) is 12.1 Å². The summed E-state index contributed by atoms with van der Waals surface area (Å²) in [5, 5.41) is 11.5. The molecule has 128 valence electrons. The molecule has 0 spiro atoms. The van der Waals surface area contributed by atoms with Gasteiger partial charge in [-0.25, -0.2) is 0 Å². The van der Waals surface area contributed by atoms with Crippen LogP contribution >= 0.6 is 0 Å². The zero-order valence-electron chi connectivity index (χ0n) is 12.7. The number of halogens is 3. The van der Waals surface area contributed by atoms with E-state index in [9.17, 15) is 22.8 Å². The summed E-state index contributed by atoms with van der Waals surface area (Å²) in [7, 11) is 0. The molecule has 2 N–H and O–H groups in total. The molecule has 8 heteroatoms. The Balaban J connectivity index is 2.50. The summed E-state index contributed by atoms with van der Waals surface area (Å²) in [4.78, 5) is 22.8. The first-order valence-electron chi connectivity index (χ1n) is 6.82. The smallest absolute Gasteiger partial charge is 0.422 e. The molecule has 0 unspecified atom stereocenters. The van der Waals surface area contributed by atoms with Crippen molar-refractivity contribution < 1.29 is 32.6 Å². The Morgan fingerprint density at radius 1 is 1.17 bits per heavy atom. The molecular formula is C15H18F3NO4. The Kier molecular flexibility index (Phi) is 6.00. The van der Waals surface area contributed by atoms with E-state index in [1.807, 2.05) is 0 Å². The lowest BCUT2D eigenvalue weighted by Crippen LogP contribution is -2.31. The summed E-state index contributed by atoms with van der Waals surface area (Å²) >= 11 is 0. The molecular weight excluding hydrogens is 315 g/mol. The molecule has 0 aromatic heterocycles. The van der Waals surface area contributed by atoms with Crippen LogP contribution in [0, 0.1) is 5.41 Å². The Bertz CT molecular complexity index is 553. The van der Waals surface area contributed by atoms with Gasteiger partial charge in [-0.05, 0) is 44.5 Å². The number of carboxylic acid groups (broad SMARTS) is 1. The number of carboxylic acids is 1. The van der Waals surface area contributed by atoms with Crippen LogP contribution in [0.2, 0.25) is 0 Å². The summed E-state index contributed by atoms with van der Waals surface area (Å²) in [5.74, 6) is -1.39. The molecule has 0 saturated heterocycles. The van der Waals surface area contributed by atoms with Crippen molar-refractivity contribution in [2.45, 2.75) is 26.4 Å². The fraction of sp³-hybridized carbons (Fsp3) is 0.467. The Morgan fingerprint density at radius 3 is 2.22 bits per heavy atom. The molecule has 0 aliphatic heterocycles. The summed E-state index contributed by atoms with van der Waals surface area (Å²) in [5.41, 5.74) is -0.708. The predicted octanol–water partition coefficient (Wildman–Crippen LogP) is 2.86. The molecule has 1 amide bonds. The van der Waals surface area contributed by atoms with Gasteiger partial charge < -0.3 is 15.2 Å². The van der Waals surface area contributed by atoms with Crippen molar-refractivity contribution in [3.05, 3.63) is 29.8 Å². The van der Waals surface area contributed by atoms with Crippen LogP contribution in [0.25, 0.3) is 0 Å². The minimum atomic E-state index is -4.42. The highest BCUT2D eigenvalue weighted by atomic mass is 19.4. The molecule has 1 aromatic rings. The average molecular weight is 333 g/mol. The molecule has 0 fully saturated rings. The number of benzene rings is 1. The number of amides is 1. The fourth-order valence-electron chi connectivity index (χ4n) is 1.57. The largest absolute Gasteiger partial charge is 0.484 e. The lowest BCUT2D eigenvalue weighted by Gasteiger charge is -2.18. The van der Waals surface area contributed by atoms with E-state index in [4.69, 9.17) is 5.11 Å². The maximum absolute atomic E-state index is 12.0. The number of aliphatic carboxylic acids is 1. The van der Waals surface area contributed by atoms with Crippen molar-refractivity contribution in [3.63, 3.8) is 0 Å². The molecule has 0 atom stereocenters. The third-order valence-corrected chi connectivity index (χ3v) is 3.13. The van der Waals surface area contributed by atoms with Crippen molar-refractivity contribution in [3.8, 4) is 5.75 Å². The first-order chi connectivity index (χ1) is 10.5. The second kappa shape index (κ2) is 7.34.